The molecule has 8 nitrogen and oxygen atoms in total. The SMILES string of the molecule is N=C(N)N.Nc1ccccc1.O=[N+]([O-])O. The average molecular weight is 215 g/mol. The van der Waals surface area contributed by atoms with Crippen LogP contribution in [0.4, 0.5) is 5.69 Å². The number of nitrogens with two attached hydrogens (primary N) is 3. The summed E-state index contributed by atoms with van der Waals surface area (Å²) >= 11 is 0. The van der Waals surface area contributed by atoms with E-state index in [0.717, 1.165) is 5.69 Å². The fraction of sp³-hybridized carbons (Fsp3) is 0. The van der Waals surface area contributed by atoms with Crippen molar-refractivity contribution in [1.82, 2.24) is 0 Å². The van der Waals surface area contributed by atoms with Crippen LogP contribution in [0, 0.1) is 15.5 Å². The highest BCUT2D eigenvalue weighted by atomic mass is 16.9. The van der Waals surface area contributed by atoms with Gasteiger partial charge in [0.2, 0.25) is 0 Å². The van der Waals surface area contributed by atoms with Crippen LogP contribution in [0.15, 0.2) is 30.3 Å². The van der Waals surface area contributed by atoms with E-state index in [9.17, 15) is 0 Å². The van der Waals surface area contributed by atoms with Gasteiger partial charge in [0.15, 0.2) is 5.96 Å². The highest BCUT2D eigenvalue weighted by Gasteiger charge is 1.72. The van der Waals surface area contributed by atoms with Gasteiger partial charge in [-0.1, -0.05) is 18.2 Å². The molecular formula is C7H13N5O3. The second-order valence-electron chi connectivity index (χ2n) is 2.10. The Morgan fingerprint density at radius 3 is 1.73 bits per heavy atom. The van der Waals surface area contributed by atoms with Crippen molar-refractivity contribution < 1.29 is 10.3 Å². The number of hydrogen-bond acceptors (Lipinski definition) is 4. The maximum Gasteiger partial charge on any atom is 0.291 e. The van der Waals surface area contributed by atoms with E-state index in [1.165, 1.54) is 0 Å². The van der Waals surface area contributed by atoms with Crippen molar-refractivity contribution in [2.45, 2.75) is 0 Å². The van der Waals surface area contributed by atoms with Gasteiger partial charge in [0, 0.05) is 5.69 Å². The molecule has 0 aliphatic rings. The van der Waals surface area contributed by atoms with E-state index in [2.05, 4.69) is 11.5 Å². The molecule has 8 N–H and O–H groups in total. The normalized spacial score (nSPS) is 7.20. The molecule has 1 rings (SSSR count). The van der Waals surface area contributed by atoms with Crippen molar-refractivity contribution in [3.8, 4) is 0 Å². The fourth-order valence-electron chi connectivity index (χ4n) is 0.453. The lowest BCUT2D eigenvalue weighted by Crippen LogP contribution is -2.20. The molecule has 8 heteroatoms. The molecule has 0 saturated heterocycles. The Bertz CT molecular complexity index is 270. The Kier molecular flexibility index (Phi) is 9.57. The summed E-state index contributed by atoms with van der Waals surface area (Å²) in [7, 11) is 0. The Morgan fingerprint density at radius 2 is 1.60 bits per heavy atom. The van der Waals surface area contributed by atoms with Gasteiger partial charge in [-0.25, -0.2) is 0 Å². The molecule has 0 bridgehead atoms. The lowest BCUT2D eigenvalue weighted by atomic mass is 10.3. The number of benzene rings is 1. The topological polar surface area (TPSA) is 165 Å². The summed E-state index contributed by atoms with van der Waals surface area (Å²) in [5, 5.41) is 19.7. The number of anilines is 1. The number of guanidine groups is 1. The second kappa shape index (κ2) is 9.58. The molecule has 1 aromatic rings. The van der Waals surface area contributed by atoms with Crippen LogP contribution in [0.1, 0.15) is 0 Å². The quantitative estimate of drug-likeness (QED) is 0.132. The molecule has 0 aromatic heterocycles. The van der Waals surface area contributed by atoms with Crippen LogP contribution in [0.5, 0.6) is 0 Å². The molecule has 0 aliphatic heterocycles. The maximum atomic E-state index is 8.36. The predicted molar refractivity (Wildman–Crippen MR) is 55.7 cm³/mol. The first kappa shape index (κ1) is 15.0. The van der Waals surface area contributed by atoms with Crippen LogP contribution in [-0.2, 0) is 0 Å². The molecule has 0 amide bonds. The van der Waals surface area contributed by atoms with E-state index in [1.54, 1.807) is 0 Å². The third kappa shape index (κ3) is 34.3. The minimum absolute atomic E-state index is 0.333. The molecule has 0 radical (unpaired) electrons. The molecule has 1 aromatic carbocycles. The summed E-state index contributed by atoms with van der Waals surface area (Å²) in [4.78, 5) is 8.36. The van der Waals surface area contributed by atoms with Crippen LogP contribution in [0.2, 0.25) is 0 Å². The highest BCUT2D eigenvalue weighted by Crippen LogP contribution is 1.95. The van der Waals surface area contributed by atoms with Crippen molar-refractivity contribution in [3.05, 3.63) is 40.4 Å². The van der Waals surface area contributed by atoms with Gasteiger partial charge in [0.1, 0.15) is 0 Å². The molecule has 0 fully saturated rings. The van der Waals surface area contributed by atoms with E-state index < -0.39 is 5.09 Å². The Balaban J connectivity index is 0. The lowest BCUT2D eigenvalue weighted by molar-refractivity contribution is -0.742. The first-order valence-corrected chi connectivity index (χ1v) is 3.59. The van der Waals surface area contributed by atoms with Crippen molar-refractivity contribution >= 4 is 11.6 Å². The standard InChI is InChI=1S/C6H7N.CH5N3.HNO3/c7-6-4-2-1-3-5-6;2*2-1(3)4/h1-5H,7H2;(H5,2,3,4);(H,2,3,4). The third-order valence-electron chi connectivity index (χ3n) is 0.800. The molecule has 0 aliphatic carbocycles. The molecule has 84 valence electrons. The zero-order chi connectivity index (χ0) is 12.3. The van der Waals surface area contributed by atoms with Crippen molar-refractivity contribution in [2.24, 2.45) is 11.5 Å². The molecule has 15 heavy (non-hydrogen) atoms. The van der Waals surface area contributed by atoms with Crippen LogP contribution in [-0.4, -0.2) is 16.3 Å². The average Bonchev–Trinajstić information content (AvgIpc) is 2.03. The first-order chi connectivity index (χ1) is 6.86. The van der Waals surface area contributed by atoms with Gasteiger partial charge < -0.3 is 22.4 Å². The van der Waals surface area contributed by atoms with Gasteiger partial charge in [-0.3, -0.25) is 5.41 Å². The van der Waals surface area contributed by atoms with Gasteiger partial charge in [0.25, 0.3) is 5.09 Å². The van der Waals surface area contributed by atoms with E-state index in [-0.39, 0.29) is 5.96 Å². The van der Waals surface area contributed by atoms with Gasteiger partial charge >= 0.3 is 0 Å². The molecular weight excluding hydrogens is 202 g/mol. The minimum Gasteiger partial charge on any atom is -0.399 e. The predicted octanol–water partition coefficient (Wildman–Crippen LogP) is -0.240. The number of nitrogens with one attached hydrogen (secondary N) is 1. The first-order valence-electron chi connectivity index (χ1n) is 3.59. The Labute approximate surface area is 85.9 Å². The Morgan fingerprint density at radius 1 is 1.33 bits per heavy atom. The number of nitrogen functional groups attached to an aromatic ring is 1. The van der Waals surface area contributed by atoms with Crippen molar-refractivity contribution in [2.75, 3.05) is 5.73 Å². The van der Waals surface area contributed by atoms with Crippen LogP contribution >= 0.6 is 0 Å². The summed E-state index contributed by atoms with van der Waals surface area (Å²) in [6.45, 7) is 0. The summed E-state index contributed by atoms with van der Waals surface area (Å²) in [5.41, 5.74) is 15.1. The van der Waals surface area contributed by atoms with Crippen LogP contribution in [0.25, 0.3) is 0 Å². The summed E-state index contributed by atoms with van der Waals surface area (Å²) < 4.78 is 0. The van der Waals surface area contributed by atoms with Crippen molar-refractivity contribution in [1.29, 1.82) is 5.41 Å². The third-order valence-corrected chi connectivity index (χ3v) is 0.800. The molecule has 0 atom stereocenters. The van der Waals surface area contributed by atoms with Gasteiger partial charge in [-0.2, -0.15) is 0 Å². The highest BCUT2D eigenvalue weighted by molar-refractivity contribution is 5.71. The molecule has 0 saturated carbocycles. The zero-order valence-corrected chi connectivity index (χ0v) is 7.83. The lowest BCUT2D eigenvalue weighted by Gasteiger charge is -1.83. The number of para-hydroxylation sites is 1. The summed E-state index contributed by atoms with van der Waals surface area (Å²) in [5.74, 6) is -0.333. The van der Waals surface area contributed by atoms with Gasteiger partial charge in [-0.05, 0) is 12.1 Å². The maximum absolute atomic E-state index is 8.36. The number of nitrogens with zero attached hydrogens (tertiary/aromatic N) is 1. The van der Waals surface area contributed by atoms with Crippen LogP contribution in [0.3, 0.4) is 0 Å². The Hall–Kier alpha value is -2.51. The van der Waals surface area contributed by atoms with E-state index in [4.69, 9.17) is 26.5 Å². The summed E-state index contributed by atoms with van der Waals surface area (Å²) in [6, 6.07) is 9.49. The zero-order valence-electron chi connectivity index (χ0n) is 7.83. The van der Waals surface area contributed by atoms with Gasteiger partial charge in [0.05, 0.1) is 0 Å². The monoisotopic (exact) mass is 215 g/mol. The molecule has 0 heterocycles. The van der Waals surface area contributed by atoms with Crippen molar-refractivity contribution in [3.63, 3.8) is 0 Å². The second-order valence-corrected chi connectivity index (χ2v) is 2.10. The summed E-state index contributed by atoms with van der Waals surface area (Å²) in [6.07, 6.45) is 0. The number of rotatable bonds is 0. The van der Waals surface area contributed by atoms with Crippen LogP contribution < -0.4 is 17.2 Å². The minimum atomic E-state index is -1.50. The van der Waals surface area contributed by atoms with E-state index in [0.29, 0.717) is 0 Å². The largest absolute Gasteiger partial charge is 0.399 e. The van der Waals surface area contributed by atoms with E-state index in [1.807, 2.05) is 30.3 Å². The van der Waals surface area contributed by atoms with Gasteiger partial charge in [-0.15, -0.1) is 10.1 Å². The number of hydrogen-bond donors (Lipinski definition) is 5. The molecule has 0 unspecified atom stereocenters. The molecule has 0 spiro atoms. The smallest absolute Gasteiger partial charge is 0.291 e. The van der Waals surface area contributed by atoms with E-state index >= 15 is 0 Å². The fourth-order valence-corrected chi connectivity index (χ4v) is 0.453.